The first-order valence-corrected chi connectivity index (χ1v) is 6.15. The molecular weight excluding hydrogens is 226 g/mol. The molecule has 1 aromatic rings. The molecular formula is C15H23NO2. The number of rotatable bonds is 4. The zero-order valence-electron chi connectivity index (χ0n) is 12.2. The highest BCUT2D eigenvalue weighted by Crippen LogP contribution is 2.34. The van der Waals surface area contributed by atoms with E-state index in [1.54, 1.807) is 14.0 Å². The highest BCUT2D eigenvalue weighted by Gasteiger charge is 2.20. The fourth-order valence-electron chi connectivity index (χ4n) is 1.94. The molecule has 0 aliphatic carbocycles. The minimum absolute atomic E-state index is 0.0123. The lowest BCUT2D eigenvalue weighted by atomic mass is 9.86. The smallest absolute Gasteiger partial charge is 0.149 e. The summed E-state index contributed by atoms with van der Waals surface area (Å²) in [5.74, 6) is 1.05. The Labute approximate surface area is 110 Å². The third-order valence-corrected chi connectivity index (χ3v) is 2.89. The van der Waals surface area contributed by atoms with Gasteiger partial charge in [-0.25, -0.2) is 0 Å². The highest BCUT2D eigenvalue weighted by atomic mass is 16.5. The zero-order valence-corrected chi connectivity index (χ0v) is 12.2. The van der Waals surface area contributed by atoms with Crippen LogP contribution in [0, 0.1) is 0 Å². The summed E-state index contributed by atoms with van der Waals surface area (Å²) in [5.41, 5.74) is 2.20. The summed E-state index contributed by atoms with van der Waals surface area (Å²) in [4.78, 5) is 13.1. The quantitative estimate of drug-likeness (QED) is 0.821. The van der Waals surface area contributed by atoms with Crippen LogP contribution in [0.25, 0.3) is 0 Å². The normalized spacial score (nSPS) is 11.2. The van der Waals surface area contributed by atoms with E-state index >= 15 is 0 Å². The van der Waals surface area contributed by atoms with Crippen LogP contribution >= 0.6 is 0 Å². The Kier molecular flexibility index (Phi) is 4.38. The maximum atomic E-state index is 11.2. The van der Waals surface area contributed by atoms with E-state index in [1.165, 1.54) is 0 Å². The van der Waals surface area contributed by atoms with E-state index in [0.717, 1.165) is 17.0 Å². The first kappa shape index (κ1) is 14.6. The predicted octanol–water partition coefficient (Wildman–Crippen LogP) is 3.02. The number of Topliss-reactive ketones (excluding diaryl/α,β-unsaturated/α-hetero) is 1. The van der Waals surface area contributed by atoms with Gasteiger partial charge in [0.05, 0.1) is 13.7 Å². The summed E-state index contributed by atoms with van der Waals surface area (Å²) in [6, 6.07) is 6.05. The lowest BCUT2D eigenvalue weighted by Crippen LogP contribution is -2.24. The average molecular weight is 249 g/mol. The largest absolute Gasteiger partial charge is 0.496 e. The molecule has 1 rings (SSSR count). The monoisotopic (exact) mass is 249 g/mol. The van der Waals surface area contributed by atoms with Gasteiger partial charge in [-0.1, -0.05) is 20.8 Å². The molecule has 0 saturated carbocycles. The molecule has 0 aliphatic heterocycles. The molecule has 18 heavy (non-hydrogen) atoms. The number of carbonyl (C=O) groups is 1. The van der Waals surface area contributed by atoms with Gasteiger partial charge < -0.3 is 9.64 Å². The molecule has 0 aliphatic rings. The van der Waals surface area contributed by atoms with Crippen molar-refractivity contribution in [3.8, 4) is 5.75 Å². The minimum atomic E-state index is 0.0123. The summed E-state index contributed by atoms with van der Waals surface area (Å²) < 4.78 is 5.40. The third kappa shape index (κ3) is 3.49. The molecule has 0 amide bonds. The molecule has 0 fully saturated rings. The van der Waals surface area contributed by atoms with Crippen molar-refractivity contribution >= 4 is 11.5 Å². The van der Waals surface area contributed by atoms with E-state index in [2.05, 4.69) is 26.8 Å². The molecule has 0 unspecified atom stereocenters. The highest BCUT2D eigenvalue weighted by molar-refractivity contribution is 5.81. The number of anilines is 1. The topological polar surface area (TPSA) is 29.5 Å². The van der Waals surface area contributed by atoms with Gasteiger partial charge in [0.2, 0.25) is 0 Å². The van der Waals surface area contributed by atoms with Gasteiger partial charge in [0.15, 0.2) is 0 Å². The molecule has 3 nitrogen and oxygen atoms in total. The fraction of sp³-hybridized carbons (Fsp3) is 0.533. The minimum Gasteiger partial charge on any atom is -0.496 e. The van der Waals surface area contributed by atoms with Crippen molar-refractivity contribution in [3.05, 3.63) is 23.8 Å². The molecule has 100 valence electrons. The molecule has 0 saturated heterocycles. The molecule has 0 aromatic heterocycles. The van der Waals surface area contributed by atoms with Crippen molar-refractivity contribution in [2.24, 2.45) is 0 Å². The van der Waals surface area contributed by atoms with Gasteiger partial charge in [0.1, 0.15) is 11.5 Å². The van der Waals surface area contributed by atoms with E-state index < -0.39 is 0 Å². The lowest BCUT2D eigenvalue weighted by molar-refractivity contribution is -0.115. The second-order valence-electron chi connectivity index (χ2n) is 5.69. The Morgan fingerprint density at radius 2 is 1.94 bits per heavy atom. The summed E-state index contributed by atoms with van der Waals surface area (Å²) in [6.07, 6.45) is 0. The van der Waals surface area contributed by atoms with Crippen molar-refractivity contribution < 1.29 is 9.53 Å². The van der Waals surface area contributed by atoms with Crippen LogP contribution < -0.4 is 9.64 Å². The van der Waals surface area contributed by atoms with Crippen LogP contribution in [0.5, 0.6) is 5.75 Å². The molecule has 3 heteroatoms. The van der Waals surface area contributed by atoms with Crippen molar-refractivity contribution in [2.75, 3.05) is 25.6 Å². The number of benzene rings is 1. The molecule has 0 radical (unpaired) electrons. The SMILES string of the molecule is COc1ccc(N(C)CC(C)=O)cc1C(C)(C)C. The number of carbonyl (C=O) groups excluding carboxylic acids is 1. The van der Waals surface area contributed by atoms with Crippen LogP contribution in [0.15, 0.2) is 18.2 Å². The van der Waals surface area contributed by atoms with E-state index in [9.17, 15) is 4.79 Å². The summed E-state index contributed by atoms with van der Waals surface area (Å²) in [7, 11) is 3.61. The average Bonchev–Trinajstić information content (AvgIpc) is 2.26. The van der Waals surface area contributed by atoms with Crippen molar-refractivity contribution in [1.29, 1.82) is 0 Å². The lowest BCUT2D eigenvalue weighted by Gasteiger charge is -2.25. The number of nitrogens with zero attached hydrogens (tertiary/aromatic N) is 1. The predicted molar refractivity (Wildman–Crippen MR) is 75.6 cm³/mol. The second kappa shape index (κ2) is 5.42. The molecule has 0 atom stereocenters. The summed E-state index contributed by atoms with van der Waals surface area (Å²) >= 11 is 0. The Morgan fingerprint density at radius 3 is 2.39 bits per heavy atom. The molecule has 0 N–H and O–H groups in total. The standard InChI is InChI=1S/C15H23NO2/c1-11(17)10-16(5)12-7-8-14(18-6)13(9-12)15(2,3)4/h7-9H,10H2,1-6H3. The van der Waals surface area contributed by atoms with E-state index in [-0.39, 0.29) is 11.2 Å². The van der Waals surface area contributed by atoms with Crippen LogP contribution in [0.4, 0.5) is 5.69 Å². The number of methoxy groups -OCH3 is 1. The number of ketones is 1. The number of likely N-dealkylation sites (N-methyl/N-ethyl adjacent to an activating group) is 1. The Hall–Kier alpha value is -1.51. The van der Waals surface area contributed by atoms with E-state index in [1.807, 2.05) is 24.1 Å². The van der Waals surface area contributed by atoms with Crippen LogP contribution in [-0.4, -0.2) is 26.5 Å². The van der Waals surface area contributed by atoms with Crippen LogP contribution in [0.3, 0.4) is 0 Å². The van der Waals surface area contributed by atoms with E-state index in [4.69, 9.17) is 4.74 Å². The summed E-state index contributed by atoms with van der Waals surface area (Å²) in [6.45, 7) is 8.49. The number of hydrogen-bond acceptors (Lipinski definition) is 3. The zero-order chi connectivity index (χ0) is 13.9. The Morgan fingerprint density at radius 1 is 1.33 bits per heavy atom. The Balaban J connectivity index is 3.14. The molecule has 1 aromatic carbocycles. The van der Waals surface area contributed by atoms with Crippen LogP contribution in [0.1, 0.15) is 33.3 Å². The van der Waals surface area contributed by atoms with Gasteiger partial charge in [0.25, 0.3) is 0 Å². The first-order chi connectivity index (χ1) is 8.25. The molecule has 0 spiro atoms. The third-order valence-electron chi connectivity index (χ3n) is 2.89. The van der Waals surface area contributed by atoms with Gasteiger partial charge in [-0.3, -0.25) is 4.79 Å². The van der Waals surface area contributed by atoms with Gasteiger partial charge in [-0.05, 0) is 30.5 Å². The van der Waals surface area contributed by atoms with Gasteiger partial charge in [-0.2, -0.15) is 0 Å². The van der Waals surface area contributed by atoms with Gasteiger partial charge >= 0.3 is 0 Å². The van der Waals surface area contributed by atoms with Crippen molar-refractivity contribution in [1.82, 2.24) is 0 Å². The first-order valence-electron chi connectivity index (χ1n) is 6.15. The number of ether oxygens (including phenoxy) is 1. The van der Waals surface area contributed by atoms with Gasteiger partial charge in [-0.15, -0.1) is 0 Å². The molecule has 0 bridgehead atoms. The van der Waals surface area contributed by atoms with Crippen LogP contribution in [0.2, 0.25) is 0 Å². The maximum absolute atomic E-state index is 11.2. The van der Waals surface area contributed by atoms with Crippen molar-refractivity contribution in [3.63, 3.8) is 0 Å². The number of hydrogen-bond donors (Lipinski definition) is 0. The van der Waals surface area contributed by atoms with Crippen LogP contribution in [-0.2, 0) is 10.2 Å². The Bertz CT molecular complexity index is 433. The summed E-state index contributed by atoms with van der Waals surface area (Å²) in [5, 5.41) is 0. The molecule has 0 heterocycles. The van der Waals surface area contributed by atoms with Crippen molar-refractivity contribution in [2.45, 2.75) is 33.1 Å². The maximum Gasteiger partial charge on any atom is 0.149 e. The van der Waals surface area contributed by atoms with Gasteiger partial charge in [0, 0.05) is 18.3 Å². The fourth-order valence-corrected chi connectivity index (χ4v) is 1.94. The van der Waals surface area contributed by atoms with E-state index in [0.29, 0.717) is 6.54 Å². The second-order valence-corrected chi connectivity index (χ2v) is 5.69.